The van der Waals surface area contributed by atoms with Crippen molar-refractivity contribution in [3.63, 3.8) is 0 Å². The van der Waals surface area contributed by atoms with Gasteiger partial charge in [0.25, 0.3) is 0 Å². The minimum atomic E-state index is 0.662. The van der Waals surface area contributed by atoms with Crippen LogP contribution in [0.2, 0.25) is 0 Å². The molecule has 1 aliphatic rings. The minimum absolute atomic E-state index is 0.662. The van der Waals surface area contributed by atoms with Gasteiger partial charge < -0.3 is 0 Å². The van der Waals surface area contributed by atoms with Gasteiger partial charge in [-0.2, -0.15) is 0 Å². The second kappa shape index (κ2) is 4.15. The molecule has 1 aliphatic carbocycles. The van der Waals surface area contributed by atoms with Crippen molar-refractivity contribution in [2.24, 2.45) is 11.8 Å². The Kier molecular flexibility index (Phi) is 3.45. The Balaban J connectivity index is 2.63. The number of halogens is 1. The van der Waals surface area contributed by atoms with Gasteiger partial charge in [0.15, 0.2) is 0 Å². The number of hydrogen-bond acceptors (Lipinski definition) is 0. The molecule has 0 aliphatic heterocycles. The molecule has 2 atom stereocenters. The van der Waals surface area contributed by atoms with Gasteiger partial charge in [-0.1, -0.05) is 37.9 Å². The smallest absolute Gasteiger partial charge is 0.0174 e. The van der Waals surface area contributed by atoms with Gasteiger partial charge in [-0.15, -0.1) is 0 Å². The molecule has 0 saturated heterocycles. The number of hydrogen-bond donors (Lipinski definition) is 0. The third kappa shape index (κ3) is 1.99. The monoisotopic (exact) mass is 172 g/mol. The summed E-state index contributed by atoms with van der Waals surface area (Å²) in [6.45, 7) is 4.50. The molecule has 2 unspecified atom stereocenters. The molecule has 0 radical (unpaired) electrons. The molecule has 0 spiro atoms. The summed E-state index contributed by atoms with van der Waals surface area (Å²) >= 11 is 6.12. The molecule has 0 saturated carbocycles. The predicted octanol–water partition coefficient (Wildman–Crippen LogP) is 3.96. The summed E-state index contributed by atoms with van der Waals surface area (Å²) in [6.07, 6.45) is 7.21. The van der Waals surface area contributed by atoms with Gasteiger partial charge in [0.1, 0.15) is 0 Å². The molecule has 0 heterocycles. The lowest BCUT2D eigenvalue weighted by molar-refractivity contribution is 0.331. The summed E-state index contributed by atoms with van der Waals surface area (Å²) in [5.41, 5.74) is 0. The molecule has 1 rings (SSSR count). The fourth-order valence-electron chi connectivity index (χ4n) is 2.03. The molecule has 0 N–H and O–H groups in total. The summed E-state index contributed by atoms with van der Waals surface area (Å²) in [4.78, 5) is 0. The molecule has 0 aromatic heterocycles. The van der Waals surface area contributed by atoms with Crippen molar-refractivity contribution in [3.8, 4) is 0 Å². The Morgan fingerprint density at radius 2 is 2.18 bits per heavy atom. The van der Waals surface area contributed by atoms with Gasteiger partial charge in [-0.05, 0) is 31.1 Å². The quantitative estimate of drug-likeness (QED) is 0.592. The van der Waals surface area contributed by atoms with Crippen molar-refractivity contribution in [2.45, 2.75) is 39.5 Å². The summed E-state index contributed by atoms with van der Waals surface area (Å²) in [5, 5.41) is 1.12. The van der Waals surface area contributed by atoms with Crippen LogP contribution in [0.1, 0.15) is 39.5 Å². The number of rotatable bonds is 2. The van der Waals surface area contributed by atoms with Crippen molar-refractivity contribution >= 4 is 11.6 Å². The molecule has 1 heteroatoms. The van der Waals surface area contributed by atoms with E-state index in [-0.39, 0.29) is 0 Å². The first kappa shape index (κ1) is 9.12. The van der Waals surface area contributed by atoms with E-state index in [1.165, 1.54) is 25.7 Å². The Morgan fingerprint density at radius 3 is 2.64 bits per heavy atom. The van der Waals surface area contributed by atoms with Crippen LogP contribution >= 0.6 is 11.6 Å². The van der Waals surface area contributed by atoms with Crippen LogP contribution in [0, 0.1) is 11.8 Å². The van der Waals surface area contributed by atoms with Crippen LogP contribution in [0.5, 0.6) is 0 Å². The molecular formula is C10H17Cl. The van der Waals surface area contributed by atoms with E-state index in [9.17, 15) is 0 Å². The highest BCUT2D eigenvalue weighted by atomic mass is 35.5. The average molecular weight is 173 g/mol. The van der Waals surface area contributed by atoms with Crippen molar-refractivity contribution < 1.29 is 0 Å². The van der Waals surface area contributed by atoms with Crippen molar-refractivity contribution in [2.75, 3.05) is 0 Å². The first-order chi connectivity index (χ1) is 5.29. The van der Waals surface area contributed by atoms with Crippen LogP contribution in [0.3, 0.4) is 0 Å². The van der Waals surface area contributed by atoms with Crippen LogP contribution < -0.4 is 0 Å². The van der Waals surface area contributed by atoms with Crippen molar-refractivity contribution in [1.29, 1.82) is 0 Å². The second-order valence-corrected chi connectivity index (χ2v) is 3.79. The van der Waals surface area contributed by atoms with Gasteiger partial charge in [-0.25, -0.2) is 0 Å². The van der Waals surface area contributed by atoms with E-state index in [1.807, 2.05) is 0 Å². The van der Waals surface area contributed by atoms with Crippen LogP contribution in [-0.4, -0.2) is 0 Å². The van der Waals surface area contributed by atoms with E-state index >= 15 is 0 Å². The zero-order valence-electron chi connectivity index (χ0n) is 7.44. The van der Waals surface area contributed by atoms with Crippen LogP contribution in [0.15, 0.2) is 11.1 Å². The first-order valence-electron chi connectivity index (χ1n) is 4.65. The lowest BCUT2D eigenvalue weighted by Gasteiger charge is -2.28. The molecule has 0 aromatic rings. The zero-order chi connectivity index (χ0) is 8.27. The van der Waals surface area contributed by atoms with Gasteiger partial charge in [-0.3, -0.25) is 0 Å². The molecule has 64 valence electrons. The van der Waals surface area contributed by atoms with Crippen LogP contribution in [0.4, 0.5) is 0 Å². The molecule has 0 bridgehead atoms. The van der Waals surface area contributed by atoms with E-state index in [0.717, 1.165) is 11.0 Å². The lowest BCUT2D eigenvalue weighted by atomic mass is 9.80. The van der Waals surface area contributed by atoms with E-state index in [0.29, 0.717) is 5.92 Å². The second-order valence-electron chi connectivity index (χ2n) is 3.35. The maximum atomic E-state index is 6.12. The molecule has 0 fully saturated rings. The topological polar surface area (TPSA) is 0 Å². The first-order valence-corrected chi connectivity index (χ1v) is 5.02. The normalized spacial score (nSPS) is 31.7. The van der Waals surface area contributed by atoms with E-state index in [1.54, 1.807) is 0 Å². The Morgan fingerprint density at radius 1 is 1.45 bits per heavy atom. The third-order valence-electron chi connectivity index (χ3n) is 2.76. The fraction of sp³-hybridized carbons (Fsp3) is 0.800. The maximum Gasteiger partial charge on any atom is 0.0174 e. The van der Waals surface area contributed by atoms with Gasteiger partial charge in [0, 0.05) is 5.03 Å². The van der Waals surface area contributed by atoms with Gasteiger partial charge in [0.05, 0.1) is 0 Å². The Hall–Kier alpha value is 0.0300. The SMILES string of the molecule is CCC1CCC=C(Cl)C1CC. The van der Waals surface area contributed by atoms with Crippen molar-refractivity contribution in [1.82, 2.24) is 0 Å². The summed E-state index contributed by atoms with van der Waals surface area (Å²) in [5.74, 6) is 1.51. The van der Waals surface area contributed by atoms with E-state index in [2.05, 4.69) is 19.9 Å². The van der Waals surface area contributed by atoms with Gasteiger partial charge in [0.2, 0.25) is 0 Å². The molecular weight excluding hydrogens is 156 g/mol. The summed E-state index contributed by atoms with van der Waals surface area (Å²) < 4.78 is 0. The molecule has 0 aromatic carbocycles. The lowest BCUT2D eigenvalue weighted by Crippen LogP contribution is -2.16. The predicted molar refractivity (Wildman–Crippen MR) is 50.7 cm³/mol. The highest BCUT2D eigenvalue weighted by Crippen LogP contribution is 2.36. The maximum absolute atomic E-state index is 6.12. The molecule has 0 amide bonds. The van der Waals surface area contributed by atoms with E-state index < -0.39 is 0 Å². The number of allylic oxidation sites excluding steroid dienone is 2. The van der Waals surface area contributed by atoms with E-state index in [4.69, 9.17) is 11.6 Å². The third-order valence-corrected chi connectivity index (χ3v) is 3.20. The summed E-state index contributed by atoms with van der Waals surface area (Å²) in [7, 11) is 0. The molecule has 11 heavy (non-hydrogen) atoms. The highest BCUT2D eigenvalue weighted by Gasteiger charge is 2.23. The Labute approximate surface area is 74.6 Å². The Bertz CT molecular complexity index is 149. The van der Waals surface area contributed by atoms with Crippen molar-refractivity contribution in [3.05, 3.63) is 11.1 Å². The van der Waals surface area contributed by atoms with Crippen LogP contribution in [0.25, 0.3) is 0 Å². The largest absolute Gasteiger partial charge is 0.0892 e. The summed E-state index contributed by atoms with van der Waals surface area (Å²) in [6, 6.07) is 0. The van der Waals surface area contributed by atoms with Gasteiger partial charge >= 0.3 is 0 Å². The zero-order valence-corrected chi connectivity index (χ0v) is 8.19. The fourth-order valence-corrected chi connectivity index (χ4v) is 2.47. The minimum Gasteiger partial charge on any atom is -0.0892 e. The van der Waals surface area contributed by atoms with Crippen LogP contribution in [-0.2, 0) is 0 Å². The average Bonchev–Trinajstić information content (AvgIpc) is 2.04. The molecule has 0 nitrogen and oxygen atoms in total. The standard InChI is InChI=1S/C10H17Cl/c1-3-8-6-5-7-10(11)9(8)4-2/h7-9H,3-6H2,1-2H3. The highest BCUT2D eigenvalue weighted by molar-refractivity contribution is 6.29.